The molecule has 3 N–H and O–H groups in total. The summed E-state index contributed by atoms with van der Waals surface area (Å²) in [6, 6.07) is 13.2. The zero-order chi connectivity index (χ0) is 23.4. The third-order valence-corrected chi connectivity index (χ3v) is 7.84. The molecule has 1 heterocycles. The minimum atomic E-state index is -0.818. The van der Waals surface area contributed by atoms with Gasteiger partial charge >= 0.3 is 5.97 Å². The molecule has 6 nitrogen and oxygen atoms in total. The summed E-state index contributed by atoms with van der Waals surface area (Å²) in [4.78, 5) is 24.5. The van der Waals surface area contributed by atoms with Gasteiger partial charge in [-0.1, -0.05) is 43.3 Å². The van der Waals surface area contributed by atoms with Gasteiger partial charge in [0.2, 0.25) is 0 Å². The Morgan fingerprint density at radius 3 is 2.55 bits per heavy atom. The molecule has 174 valence electrons. The van der Waals surface area contributed by atoms with Crippen LogP contribution in [0.4, 0.5) is 0 Å². The van der Waals surface area contributed by atoms with Gasteiger partial charge in [0, 0.05) is 41.3 Å². The molecule has 1 aliphatic heterocycles. The van der Waals surface area contributed by atoms with Crippen LogP contribution in [0.3, 0.4) is 0 Å². The highest BCUT2D eigenvalue weighted by Gasteiger charge is 2.40. The number of carboxylic acid groups (broad SMARTS) is 1. The molecular weight excluding hydrogens is 434 g/mol. The fraction of sp³-hybridized carbons (Fsp3) is 0.423. The van der Waals surface area contributed by atoms with Crippen molar-refractivity contribution in [3.63, 3.8) is 0 Å². The van der Waals surface area contributed by atoms with E-state index in [1.165, 1.54) is 0 Å². The first kappa shape index (κ1) is 23.5. The lowest BCUT2D eigenvalue weighted by Gasteiger charge is -2.42. The number of hydrogen-bond acceptors (Lipinski definition) is 6. The summed E-state index contributed by atoms with van der Waals surface area (Å²) in [5.74, 6) is 1.26. The van der Waals surface area contributed by atoms with Crippen molar-refractivity contribution >= 4 is 29.7 Å². The van der Waals surface area contributed by atoms with Crippen molar-refractivity contribution in [1.82, 2.24) is 5.01 Å². The number of hydrazone groups is 1. The van der Waals surface area contributed by atoms with Crippen LogP contribution in [0.5, 0.6) is 0 Å². The number of carbonyl (C=O) groups is 2. The molecule has 2 aliphatic rings. The van der Waals surface area contributed by atoms with Gasteiger partial charge in [0.05, 0.1) is 12.6 Å². The average Bonchev–Trinajstić information content (AvgIpc) is 2.84. The van der Waals surface area contributed by atoms with E-state index in [4.69, 9.17) is 5.73 Å². The van der Waals surface area contributed by atoms with Crippen LogP contribution in [0.2, 0.25) is 0 Å². The van der Waals surface area contributed by atoms with Crippen LogP contribution < -0.4 is 5.73 Å². The van der Waals surface area contributed by atoms with Crippen molar-refractivity contribution in [2.75, 3.05) is 24.6 Å². The minimum absolute atomic E-state index is 0.0267. The van der Waals surface area contributed by atoms with Crippen LogP contribution in [0.25, 0.3) is 0 Å². The smallest absolute Gasteiger partial charge is 0.303 e. The summed E-state index contributed by atoms with van der Waals surface area (Å²) >= 11 is 1.95. The molecule has 2 aromatic rings. The molecule has 2 unspecified atom stereocenters. The van der Waals surface area contributed by atoms with Crippen LogP contribution in [-0.2, 0) is 16.8 Å². The maximum absolute atomic E-state index is 13.1. The van der Waals surface area contributed by atoms with Gasteiger partial charge in [-0.15, -0.1) is 0 Å². The van der Waals surface area contributed by atoms with Crippen molar-refractivity contribution in [1.29, 1.82) is 0 Å². The van der Waals surface area contributed by atoms with Gasteiger partial charge < -0.3 is 10.8 Å². The number of rotatable bonds is 7. The fourth-order valence-corrected chi connectivity index (χ4v) is 5.77. The molecule has 0 saturated carbocycles. The maximum atomic E-state index is 13.1. The molecule has 4 rings (SSSR count). The second-order valence-electron chi connectivity index (χ2n) is 8.86. The highest BCUT2D eigenvalue weighted by molar-refractivity contribution is 7.99. The van der Waals surface area contributed by atoms with E-state index in [2.05, 4.69) is 10.1 Å². The van der Waals surface area contributed by atoms with Gasteiger partial charge in [0.15, 0.2) is 5.78 Å². The lowest BCUT2D eigenvalue weighted by Crippen LogP contribution is -2.47. The lowest BCUT2D eigenvalue weighted by molar-refractivity contribution is -0.139. The van der Waals surface area contributed by atoms with E-state index in [0.717, 1.165) is 47.7 Å². The Morgan fingerprint density at radius 1 is 1.18 bits per heavy atom. The zero-order valence-corrected chi connectivity index (χ0v) is 19.8. The van der Waals surface area contributed by atoms with E-state index in [0.29, 0.717) is 24.0 Å². The number of carboxylic acids is 1. The molecule has 1 aliphatic carbocycles. The molecule has 7 heteroatoms. The van der Waals surface area contributed by atoms with Gasteiger partial charge in [-0.3, -0.25) is 14.6 Å². The highest BCUT2D eigenvalue weighted by Crippen LogP contribution is 2.42. The number of benzene rings is 2. The van der Waals surface area contributed by atoms with E-state index in [9.17, 15) is 14.7 Å². The number of hydrogen-bond donors (Lipinski definition) is 2. The monoisotopic (exact) mass is 465 g/mol. The van der Waals surface area contributed by atoms with Gasteiger partial charge in [-0.2, -0.15) is 16.9 Å². The second kappa shape index (κ2) is 10.1. The molecular formula is C26H31N3O3S. The Labute approximate surface area is 199 Å². The number of thioether (sulfide) groups is 1. The molecule has 33 heavy (non-hydrogen) atoms. The molecule has 2 atom stereocenters. The SMILES string of the molecule is CCC1(N)c2ccc(C(=O)c3ccc(C=NN4CCSCC4)cc3)cc2CCC1CC(=O)O. The number of fused-ring (bicyclic) bond motifs is 1. The molecule has 1 saturated heterocycles. The van der Waals surface area contributed by atoms with Crippen LogP contribution >= 0.6 is 11.8 Å². The average molecular weight is 466 g/mol. The number of carbonyl (C=O) groups excluding carboxylic acids is 1. The second-order valence-corrected chi connectivity index (χ2v) is 10.1. The summed E-state index contributed by atoms with van der Waals surface area (Å²) in [5.41, 5.74) is 10.3. The zero-order valence-electron chi connectivity index (χ0n) is 19.0. The summed E-state index contributed by atoms with van der Waals surface area (Å²) < 4.78 is 0. The summed E-state index contributed by atoms with van der Waals surface area (Å²) in [7, 11) is 0. The Hall–Kier alpha value is -2.64. The fourth-order valence-electron chi connectivity index (χ4n) is 4.88. The van der Waals surface area contributed by atoms with E-state index in [1.54, 1.807) is 0 Å². The Balaban J connectivity index is 1.50. The molecule has 0 radical (unpaired) electrons. The topological polar surface area (TPSA) is 96.0 Å². The van der Waals surface area contributed by atoms with Crippen LogP contribution in [0.1, 0.15) is 58.8 Å². The predicted molar refractivity (Wildman–Crippen MR) is 133 cm³/mol. The van der Waals surface area contributed by atoms with Crippen molar-refractivity contribution in [3.8, 4) is 0 Å². The van der Waals surface area contributed by atoms with Crippen LogP contribution in [-0.4, -0.2) is 52.7 Å². The van der Waals surface area contributed by atoms with Crippen LogP contribution in [0, 0.1) is 5.92 Å². The van der Waals surface area contributed by atoms with E-state index in [-0.39, 0.29) is 18.1 Å². The third kappa shape index (κ3) is 5.14. The normalized spacial score (nSPS) is 22.8. The van der Waals surface area contributed by atoms with Gasteiger partial charge in [0.25, 0.3) is 0 Å². The predicted octanol–water partition coefficient (Wildman–Crippen LogP) is 3.90. The molecule has 2 aromatic carbocycles. The van der Waals surface area contributed by atoms with Crippen molar-refractivity contribution < 1.29 is 14.7 Å². The number of nitrogens with zero attached hydrogens (tertiary/aromatic N) is 2. The molecule has 1 fully saturated rings. The molecule has 0 amide bonds. The number of ketones is 1. The standard InChI is InChI=1S/C26H31N3O3S/c1-2-26(27)22(16-24(30)31)9-7-20-15-21(8-10-23(20)26)25(32)19-5-3-18(4-6-19)17-28-29-11-13-33-14-12-29/h3-6,8,10,15,17,22H,2,7,9,11-14,16,27H2,1H3,(H,30,31). The van der Waals surface area contributed by atoms with E-state index >= 15 is 0 Å². The number of nitrogens with two attached hydrogens (primary N) is 1. The summed E-state index contributed by atoms with van der Waals surface area (Å²) in [6.45, 7) is 3.93. The van der Waals surface area contributed by atoms with Gasteiger partial charge in [0.1, 0.15) is 0 Å². The molecule has 0 aromatic heterocycles. The largest absolute Gasteiger partial charge is 0.481 e. The van der Waals surface area contributed by atoms with Gasteiger partial charge in [-0.25, -0.2) is 0 Å². The molecule has 0 bridgehead atoms. The van der Waals surface area contributed by atoms with Crippen molar-refractivity contribution in [2.24, 2.45) is 16.8 Å². The minimum Gasteiger partial charge on any atom is -0.481 e. The van der Waals surface area contributed by atoms with Crippen molar-refractivity contribution in [2.45, 2.75) is 38.1 Å². The van der Waals surface area contributed by atoms with E-state index in [1.807, 2.05) is 67.4 Å². The highest BCUT2D eigenvalue weighted by atomic mass is 32.2. The quantitative estimate of drug-likeness (QED) is 0.476. The Bertz CT molecular complexity index is 1050. The maximum Gasteiger partial charge on any atom is 0.303 e. The Kier molecular flexibility index (Phi) is 7.20. The third-order valence-electron chi connectivity index (χ3n) is 6.90. The summed E-state index contributed by atoms with van der Waals surface area (Å²) in [6.07, 6.45) is 4.02. The first-order valence-electron chi connectivity index (χ1n) is 11.6. The molecule has 0 spiro atoms. The lowest BCUT2D eigenvalue weighted by atomic mass is 9.67. The van der Waals surface area contributed by atoms with E-state index < -0.39 is 11.5 Å². The number of aryl methyl sites for hydroxylation is 1. The Morgan fingerprint density at radius 2 is 1.88 bits per heavy atom. The van der Waals surface area contributed by atoms with Gasteiger partial charge in [-0.05, 0) is 47.9 Å². The van der Waals surface area contributed by atoms with Crippen molar-refractivity contribution in [3.05, 3.63) is 70.3 Å². The van der Waals surface area contributed by atoms with Crippen LogP contribution in [0.15, 0.2) is 47.6 Å². The summed E-state index contributed by atoms with van der Waals surface area (Å²) in [5, 5.41) is 15.9. The first-order valence-corrected chi connectivity index (χ1v) is 12.7. The number of aliphatic carboxylic acids is 1. The first-order chi connectivity index (χ1) is 15.9.